The molecule has 0 aromatic heterocycles. The van der Waals surface area contributed by atoms with Crippen molar-refractivity contribution in [3.8, 4) is 5.75 Å². The molecule has 0 atom stereocenters. The summed E-state index contributed by atoms with van der Waals surface area (Å²) in [4.78, 5) is 13.9. The number of carbonyl (C=O) groups excluding carboxylic acids is 1. The molecule has 2 aromatic carbocycles. The van der Waals surface area contributed by atoms with Crippen LogP contribution in [0.2, 0.25) is 0 Å². The largest absolute Gasteiger partial charge is 0.489 e. The van der Waals surface area contributed by atoms with Gasteiger partial charge in [0.2, 0.25) is 5.91 Å². The first kappa shape index (κ1) is 17.2. The van der Waals surface area contributed by atoms with E-state index in [1.807, 2.05) is 60.7 Å². The Bertz CT molecular complexity index is 702. The summed E-state index contributed by atoms with van der Waals surface area (Å²) in [6, 6.07) is 17.7. The summed E-state index contributed by atoms with van der Waals surface area (Å²) in [6.07, 6.45) is 4.46. The van der Waals surface area contributed by atoms with Gasteiger partial charge in [-0.25, -0.2) is 0 Å². The van der Waals surface area contributed by atoms with Crippen LogP contribution in [0.3, 0.4) is 0 Å². The number of aliphatic hydroxyl groups is 1. The molecule has 4 nitrogen and oxygen atoms in total. The molecule has 1 heterocycles. The summed E-state index contributed by atoms with van der Waals surface area (Å²) in [5.74, 6) is 0.800. The molecule has 1 amide bonds. The zero-order chi connectivity index (χ0) is 17.5. The van der Waals surface area contributed by atoms with Gasteiger partial charge >= 0.3 is 0 Å². The number of hydrogen-bond donors (Lipinski definition) is 1. The number of nitrogens with zero attached hydrogens (tertiary/aromatic N) is 1. The van der Waals surface area contributed by atoms with E-state index in [9.17, 15) is 9.90 Å². The van der Waals surface area contributed by atoms with Gasteiger partial charge in [-0.15, -0.1) is 0 Å². The van der Waals surface area contributed by atoms with Crippen LogP contribution in [0.5, 0.6) is 5.75 Å². The van der Waals surface area contributed by atoms with Gasteiger partial charge in [-0.05, 0) is 42.2 Å². The fraction of sp³-hybridized carbons (Fsp3) is 0.286. The Hall–Kier alpha value is -2.59. The van der Waals surface area contributed by atoms with Crippen LogP contribution in [0.4, 0.5) is 0 Å². The summed E-state index contributed by atoms with van der Waals surface area (Å²) in [7, 11) is 0. The highest BCUT2D eigenvalue weighted by Gasteiger charge is 2.19. The van der Waals surface area contributed by atoms with Gasteiger partial charge < -0.3 is 14.7 Å². The van der Waals surface area contributed by atoms with Crippen molar-refractivity contribution in [3.05, 3.63) is 71.8 Å². The number of aliphatic hydroxyl groups excluding tert-OH is 1. The highest BCUT2D eigenvalue weighted by molar-refractivity contribution is 5.91. The van der Waals surface area contributed by atoms with Crippen molar-refractivity contribution in [1.82, 2.24) is 4.90 Å². The maximum atomic E-state index is 12.1. The first-order valence-corrected chi connectivity index (χ1v) is 8.62. The number of ether oxygens (including phenoxy) is 1. The number of likely N-dealkylation sites (tertiary alicyclic amines) is 1. The number of piperidine rings is 1. The van der Waals surface area contributed by atoms with E-state index in [1.54, 1.807) is 11.0 Å². The van der Waals surface area contributed by atoms with E-state index in [1.165, 1.54) is 0 Å². The van der Waals surface area contributed by atoms with Crippen LogP contribution in [-0.4, -0.2) is 35.1 Å². The molecule has 1 N–H and O–H groups in total. The van der Waals surface area contributed by atoms with Gasteiger partial charge in [-0.1, -0.05) is 42.5 Å². The minimum atomic E-state index is -0.267. The molecular formula is C21H23NO3. The maximum Gasteiger partial charge on any atom is 0.246 e. The topological polar surface area (TPSA) is 49.8 Å². The van der Waals surface area contributed by atoms with Crippen molar-refractivity contribution < 1.29 is 14.6 Å². The van der Waals surface area contributed by atoms with E-state index < -0.39 is 0 Å². The van der Waals surface area contributed by atoms with Crippen LogP contribution in [0.25, 0.3) is 6.08 Å². The summed E-state index contributed by atoms with van der Waals surface area (Å²) < 4.78 is 5.75. The molecule has 0 radical (unpaired) electrons. The van der Waals surface area contributed by atoms with E-state index in [2.05, 4.69) is 0 Å². The molecule has 0 bridgehead atoms. The summed E-state index contributed by atoms with van der Waals surface area (Å²) in [5.41, 5.74) is 2.08. The predicted molar refractivity (Wildman–Crippen MR) is 98.1 cm³/mol. The summed E-state index contributed by atoms with van der Waals surface area (Å²) in [5, 5.41) is 9.49. The average molecular weight is 337 g/mol. The molecule has 3 rings (SSSR count). The summed E-state index contributed by atoms with van der Waals surface area (Å²) >= 11 is 0. The van der Waals surface area contributed by atoms with E-state index in [0.29, 0.717) is 32.5 Å². The fourth-order valence-electron chi connectivity index (χ4n) is 2.78. The van der Waals surface area contributed by atoms with Crippen LogP contribution in [0.1, 0.15) is 24.0 Å². The van der Waals surface area contributed by atoms with Crippen molar-refractivity contribution >= 4 is 12.0 Å². The highest BCUT2D eigenvalue weighted by atomic mass is 16.5. The Morgan fingerprint density at radius 3 is 2.44 bits per heavy atom. The normalized spacial score (nSPS) is 15.5. The third-order valence-electron chi connectivity index (χ3n) is 4.32. The van der Waals surface area contributed by atoms with Crippen LogP contribution in [0.15, 0.2) is 60.7 Å². The fourth-order valence-corrected chi connectivity index (χ4v) is 2.78. The van der Waals surface area contributed by atoms with Gasteiger partial charge in [-0.2, -0.15) is 0 Å². The number of amides is 1. The SMILES string of the molecule is O=C(/C=C/c1ccc(OCc2ccccc2)cc1)N1CCC(O)CC1. The van der Waals surface area contributed by atoms with E-state index in [0.717, 1.165) is 16.9 Å². The maximum absolute atomic E-state index is 12.1. The molecule has 1 aliphatic rings. The number of benzene rings is 2. The van der Waals surface area contributed by atoms with Crippen molar-refractivity contribution in [3.63, 3.8) is 0 Å². The molecule has 130 valence electrons. The Kier molecular flexibility index (Phi) is 5.86. The number of carbonyl (C=O) groups is 1. The van der Waals surface area contributed by atoms with Crippen LogP contribution < -0.4 is 4.74 Å². The van der Waals surface area contributed by atoms with Gasteiger partial charge in [0, 0.05) is 19.2 Å². The first-order valence-electron chi connectivity index (χ1n) is 8.62. The van der Waals surface area contributed by atoms with Gasteiger partial charge in [-0.3, -0.25) is 4.79 Å². The second kappa shape index (κ2) is 8.49. The van der Waals surface area contributed by atoms with E-state index >= 15 is 0 Å². The first-order chi connectivity index (χ1) is 12.2. The van der Waals surface area contributed by atoms with Crippen molar-refractivity contribution in [2.45, 2.75) is 25.6 Å². The molecular weight excluding hydrogens is 314 g/mol. The zero-order valence-electron chi connectivity index (χ0n) is 14.2. The zero-order valence-corrected chi connectivity index (χ0v) is 14.2. The molecule has 0 saturated carbocycles. The van der Waals surface area contributed by atoms with Gasteiger partial charge in [0.05, 0.1) is 6.10 Å². The minimum absolute atomic E-state index is 0.00342. The summed E-state index contributed by atoms with van der Waals surface area (Å²) in [6.45, 7) is 1.78. The average Bonchev–Trinajstić information content (AvgIpc) is 2.67. The van der Waals surface area contributed by atoms with Crippen molar-refractivity contribution in [1.29, 1.82) is 0 Å². The molecule has 0 aliphatic carbocycles. The lowest BCUT2D eigenvalue weighted by atomic mass is 10.1. The monoisotopic (exact) mass is 337 g/mol. The van der Waals surface area contributed by atoms with Gasteiger partial charge in [0.25, 0.3) is 0 Å². The standard InChI is InChI=1S/C21H23NO3/c23-19-12-14-22(15-13-19)21(24)11-8-17-6-9-20(10-7-17)25-16-18-4-2-1-3-5-18/h1-11,19,23H,12-16H2/b11-8+. The molecule has 0 spiro atoms. The second-order valence-corrected chi connectivity index (χ2v) is 6.23. The Labute approximate surface area is 148 Å². The quantitative estimate of drug-likeness (QED) is 0.852. The van der Waals surface area contributed by atoms with Crippen molar-refractivity contribution in [2.24, 2.45) is 0 Å². The van der Waals surface area contributed by atoms with Crippen LogP contribution in [0, 0.1) is 0 Å². The van der Waals surface area contributed by atoms with Crippen LogP contribution in [-0.2, 0) is 11.4 Å². The van der Waals surface area contributed by atoms with Gasteiger partial charge in [0.1, 0.15) is 12.4 Å². The van der Waals surface area contributed by atoms with Gasteiger partial charge in [0.15, 0.2) is 0 Å². The molecule has 2 aromatic rings. The molecule has 0 unspecified atom stereocenters. The molecule has 1 saturated heterocycles. The molecule has 4 heteroatoms. The third-order valence-corrected chi connectivity index (χ3v) is 4.32. The number of rotatable bonds is 5. The second-order valence-electron chi connectivity index (χ2n) is 6.23. The molecule has 1 fully saturated rings. The molecule has 1 aliphatic heterocycles. The lowest BCUT2D eigenvalue weighted by Gasteiger charge is -2.28. The van der Waals surface area contributed by atoms with Crippen LogP contribution >= 0.6 is 0 Å². The third kappa shape index (κ3) is 5.19. The Morgan fingerprint density at radius 1 is 1.08 bits per heavy atom. The molecule has 25 heavy (non-hydrogen) atoms. The lowest BCUT2D eigenvalue weighted by molar-refractivity contribution is -0.127. The van der Waals surface area contributed by atoms with E-state index in [4.69, 9.17) is 4.74 Å². The Morgan fingerprint density at radius 2 is 1.76 bits per heavy atom. The van der Waals surface area contributed by atoms with E-state index in [-0.39, 0.29) is 12.0 Å². The number of hydrogen-bond acceptors (Lipinski definition) is 3. The highest BCUT2D eigenvalue weighted by Crippen LogP contribution is 2.16. The van der Waals surface area contributed by atoms with Crippen molar-refractivity contribution in [2.75, 3.05) is 13.1 Å². The predicted octanol–water partition coefficient (Wildman–Crippen LogP) is 3.26. The Balaban J connectivity index is 1.51. The smallest absolute Gasteiger partial charge is 0.246 e. The minimum Gasteiger partial charge on any atom is -0.489 e. The lowest BCUT2D eigenvalue weighted by Crippen LogP contribution is -2.39.